The third-order valence-corrected chi connectivity index (χ3v) is 2.95. The highest BCUT2D eigenvalue weighted by Gasteiger charge is 2.28. The van der Waals surface area contributed by atoms with Gasteiger partial charge in [0.05, 0.1) is 4.05 Å². The lowest BCUT2D eigenvalue weighted by molar-refractivity contribution is -0.143. The maximum Gasteiger partial charge on any atom is 0.312 e. The van der Waals surface area contributed by atoms with Gasteiger partial charge in [-0.15, -0.1) is 0 Å². The Kier molecular flexibility index (Phi) is 2.69. The largest absolute Gasteiger partial charge is 0.361 e. The Morgan fingerprint density at radius 2 is 2.18 bits per heavy atom. The Hall–Kier alpha value is -0.330. The molecule has 0 spiro atoms. The molecule has 0 radical (unpaired) electrons. The number of carbonyl (C=O) groups excluding carboxylic acids is 2. The molecule has 0 aromatic carbocycles. The first kappa shape index (κ1) is 8.76. The monoisotopic (exact) mass is 268 g/mol. The molecule has 1 rings (SSSR count). The van der Waals surface area contributed by atoms with Crippen LogP contribution >= 0.6 is 22.6 Å². The summed E-state index contributed by atoms with van der Waals surface area (Å²) < 4.78 is 0.146. The number of alkyl halides is 1. The van der Waals surface area contributed by atoms with Crippen molar-refractivity contribution in [1.29, 1.82) is 0 Å². The van der Waals surface area contributed by atoms with E-state index in [0.717, 1.165) is 12.8 Å². The number of amides is 2. The lowest BCUT2D eigenvalue weighted by Gasteiger charge is -2.17. The molecule has 1 aliphatic rings. The quantitative estimate of drug-likeness (QED) is 0.287. The van der Waals surface area contributed by atoms with Crippen LogP contribution in [0.5, 0.6) is 0 Å². The van der Waals surface area contributed by atoms with Crippen LogP contribution in [0.4, 0.5) is 0 Å². The summed E-state index contributed by atoms with van der Waals surface area (Å²) >= 11 is 2.14. The third kappa shape index (κ3) is 1.82. The van der Waals surface area contributed by atoms with Gasteiger partial charge in [-0.05, 0) is 12.8 Å². The Bertz CT molecular complexity index is 195. The Balaban J connectivity index is 2.60. The van der Waals surface area contributed by atoms with Crippen LogP contribution in [0, 0.1) is 0 Å². The number of likely N-dealkylation sites (tertiary alicyclic amines) is 1. The minimum absolute atomic E-state index is 0.146. The molecule has 0 aromatic heterocycles. The van der Waals surface area contributed by atoms with Crippen molar-refractivity contribution in [3.05, 3.63) is 0 Å². The lowest BCUT2D eigenvalue weighted by Crippen LogP contribution is -2.40. The molecule has 1 aliphatic heterocycles. The molecule has 1 unspecified atom stereocenters. The molecule has 0 saturated carbocycles. The standard InChI is InChI=1S/C6H9IN2O2/c7-4-2-1-3-9(4)6(11)5(8)10/h4H,1-3H2,(H2,8,10). The van der Waals surface area contributed by atoms with Crippen molar-refractivity contribution >= 4 is 34.4 Å². The van der Waals surface area contributed by atoms with Gasteiger partial charge < -0.3 is 10.6 Å². The van der Waals surface area contributed by atoms with Crippen molar-refractivity contribution in [2.45, 2.75) is 16.9 Å². The predicted molar refractivity (Wildman–Crippen MR) is 47.9 cm³/mol. The molecule has 0 aromatic rings. The van der Waals surface area contributed by atoms with Gasteiger partial charge in [-0.1, -0.05) is 22.6 Å². The van der Waals surface area contributed by atoms with E-state index in [2.05, 4.69) is 22.6 Å². The van der Waals surface area contributed by atoms with Gasteiger partial charge in [-0.25, -0.2) is 0 Å². The second kappa shape index (κ2) is 3.38. The molecule has 5 heteroatoms. The van der Waals surface area contributed by atoms with Crippen LogP contribution in [-0.2, 0) is 9.59 Å². The fourth-order valence-corrected chi connectivity index (χ4v) is 2.07. The second-order valence-corrected chi connectivity index (χ2v) is 3.88. The summed E-state index contributed by atoms with van der Waals surface area (Å²) in [5.41, 5.74) is 4.84. The predicted octanol–water partition coefficient (Wildman–Crippen LogP) is -0.145. The van der Waals surface area contributed by atoms with Gasteiger partial charge in [0.2, 0.25) is 0 Å². The molecule has 1 atom stereocenters. The highest BCUT2D eigenvalue weighted by molar-refractivity contribution is 14.1. The Morgan fingerprint density at radius 1 is 1.55 bits per heavy atom. The van der Waals surface area contributed by atoms with Crippen LogP contribution in [0.25, 0.3) is 0 Å². The van der Waals surface area contributed by atoms with E-state index in [4.69, 9.17) is 5.73 Å². The summed E-state index contributed by atoms with van der Waals surface area (Å²) in [6, 6.07) is 0. The zero-order valence-electron chi connectivity index (χ0n) is 5.92. The Morgan fingerprint density at radius 3 is 2.55 bits per heavy atom. The van der Waals surface area contributed by atoms with Crippen molar-refractivity contribution in [3.8, 4) is 0 Å². The van der Waals surface area contributed by atoms with Crippen LogP contribution in [0.2, 0.25) is 0 Å². The molecule has 2 amide bonds. The number of hydrogen-bond acceptors (Lipinski definition) is 2. The molecule has 1 saturated heterocycles. The number of hydrogen-bond donors (Lipinski definition) is 1. The van der Waals surface area contributed by atoms with E-state index in [9.17, 15) is 9.59 Å². The number of nitrogens with two attached hydrogens (primary N) is 1. The first-order chi connectivity index (χ1) is 5.13. The van der Waals surface area contributed by atoms with Crippen LogP contribution < -0.4 is 5.73 Å². The minimum atomic E-state index is -0.853. The maximum absolute atomic E-state index is 11.0. The molecule has 1 heterocycles. The lowest BCUT2D eigenvalue weighted by atomic mass is 10.4. The average molecular weight is 268 g/mol. The summed E-state index contributed by atoms with van der Waals surface area (Å²) in [6.45, 7) is 0.662. The first-order valence-electron chi connectivity index (χ1n) is 3.37. The van der Waals surface area contributed by atoms with E-state index in [1.54, 1.807) is 0 Å². The summed E-state index contributed by atoms with van der Waals surface area (Å²) in [6.07, 6.45) is 1.92. The van der Waals surface area contributed by atoms with E-state index < -0.39 is 11.8 Å². The molecule has 11 heavy (non-hydrogen) atoms. The van der Waals surface area contributed by atoms with E-state index in [0.29, 0.717) is 6.54 Å². The van der Waals surface area contributed by atoms with Crippen LogP contribution in [-0.4, -0.2) is 27.3 Å². The van der Waals surface area contributed by atoms with Gasteiger partial charge in [0.15, 0.2) is 0 Å². The van der Waals surface area contributed by atoms with Gasteiger partial charge in [-0.3, -0.25) is 9.59 Å². The number of rotatable bonds is 0. The molecular formula is C6H9IN2O2. The number of carbonyl (C=O) groups is 2. The second-order valence-electron chi connectivity index (χ2n) is 2.44. The van der Waals surface area contributed by atoms with Crippen LogP contribution in [0.15, 0.2) is 0 Å². The zero-order valence-corrected chi connectivity index (χ0v) is 8.08. The SMILES string of the molecule is NC(=O)C(=O)N1CCCC1I. The summed E-state index contributed by atoms with van der Waals surface area (Å²) in [5.74, 6) is -1.41. The molecule has 1 fully saturated rings. The van der Waals surface area contributed by atoms with Crippen molar-refractivity contribution in [1.82, 2.24) is 4.90 Å². The van der Waals surface area contributed by atoms with Crippen molar-refractivity contribution in [2.75, 3.05) is 6.54 Å². The molecule has 62 valence electrons. The van der Waals surface area contributed by atoms with Crippen LogP contribution in [0.1, 0.15) is 12.8 Å². The van der Waals surface area contributed by atoms with Gasteiger partial charge in [0, 0.05) is 6.54 Å². The minimum Gasteiger partial charge on any atom is -0.361 e. The van der Waals surface area contributed by atoms with Gasteiger partial charge in [-0.2, -0.15) is 0 Å². The summed E-state index contributed by atoms with van der Waals surface area (Å²) in [7, 11) is 0. The molecule has 0 bridgehead atoms. The smallest absolute Gasteiger partial charge is 0.312 e. The van der Waals surface area contributed by atoms with Crippen molar-refractivity contribution in [3.63, 3.8) is 0 Å². The van der Waals surface area contributed by atoms with E-state index in [1.807, 2.05) is 0 Å². The molecule has 0 aliphatic carbocycles. The van der Waals surface area contributed by atoms with E-state index in [1.165, 1.54) is 4.90 Å². The van der Waals surface area contributed by atoms with Gasteiger partial charge in [0.25, 0.3) is 0 Å². The fourth-order valence-electron chi connectivity index (χ4n) is 1.10. The molecule has 2 N–H and O–H groups in total. The Labute approximate surface area is 78.2 Å². The zero-order chi connectivity index (χ0) is 8.43. The van der Waals surface area contributed by atoms with Crippen LogP contribution in [0.3, 0.4) is 0 Å². The number of primary amides is 1. The van der Waals surface area contributed by atoms with Gasteiger partial charge >= 0.3 is 11.8 Å². The average Bonchev–Trinajstić information content (AvgIpc) is 2.33. The summed E-state index contributed by atoms with van der Waals surface area (Å²) in [5, 5.41) is 0. The number of nitrogens with zero attached hydrogens (tertiary/aromatic N) is 1. The maximum atomic E-state index is 11.0. The highest BCUT2D eigenvalue weighted by atomic mass is 127. The van der Waals surface area contributed by atoms with Crippen molar-refractivity contribution < 1.29 is 9.59 Å². The van der Waals surface area contributed by atoms with E-state index in [-0.39, 0.29) is 4.05 Å². The third-order valence-electron chi connectivity index (χ3n) is 1.65. The molecule has 4 nitrogen and oxygen atoms in total. The van der Waals surface area contributed by atoms with Gasteiger partial charge in [0.1, 0.15) is 0 Å². The topological polar surface area (TPSA) is 63.4 Å². The van der Waals surface area contributed by atoms with Crippen molar-refractivity contribution in [2.24, 2.45) is 5.73 Å². The van der Waals surface area contributed by atoms with E-state index >= 15 is 0 Å². The summed E-state index contributed by atoms with van der Waals surface area (Å²) in [4.78, 5) is 23.0. The normalized spacial score (nSPS) is 23.7. The highest BCUT2D eigenvalue weighted by Crippen LogP contribution is 2.22. The molecular weight excluding hydrogens is 259 g/mol. The number of halogens is 1. The first-order valence-corrected chi connectivity index (χ1v) is 4.62. The fraction of sp³-hybridized carbons (Fsp3) is 0.667.